The molecular formula is C14H20N4O2S. The third-order valence-electron chi connectivity index (χ3n) is 3.88. The zero-order valence-corrected chi connectivity index (χ0v) is 12.9. The van der Waals surface area contributed by atoms with E-state index in [1.807, 2.05) is 6.07 Å². The molecule has 1 aromatic heterocycles. The maximum atomic E-state index is 12.3. The highest BCUT2D eigenvalue weighted by atomic mass is 32.2. The van der Waals surface area contributed by atoms with Crippen LogP contribution >= 0.6 is 0 Å². The van der Waals surface area contributed by atoms with Crippen molar-refractivity contribution in [2.45, 2.75) is 24.7 Å². The van der Waals surface area contributed by atoms with E-state index in [0.29, 0.717) is 12.5 Å². The molecule has 0 bridgehead atoms. The van der Waals surface area contributed by atoms with Crippen molar-refractivity contribution >= 4 is 10.0 Å². The van der Waals surface area contributed by atoms with Gasteiger partial charge in [-0.3, -0.25) is 0 Å². The molecule has 114 valence electrons. The summed E-state index contributed by atoms with van der Waals surface area (Å²) in [6.45, 7) is 5.62. The maximum absolute atomic E-state index is 12.3. The van der Waals surface area contributed by atoms with Gasteiger partial charge in [-0.05, 0) is 50.5 Å². The Morgan fingerprint density at radius 2 is 2.19 bits per heavy atom. The van der Waals surface area contributed by atoms with Crippen LogP contribution in [0.5, 0.6) is 0 Å². The van der Waals surface area contributed by atoms with Crippen LogP contribution < -0.4 is 4.72 Å². The first kappa shape index (κ1) is 15.9. The highest BCUT2D eigenvalue weighted by molar-refractivity contribution is 7.89. The minimum absolute atomic E-state index is 0.0431. The van der Waals surface area contributed by atoms with E-state index in [1.165, 1.54) is 18.3 Å². The summed E-state index contributed by atoms with van der Waals surface area (Å²) in [6, 6.07) is 4.75. The number of nitriles is 1. The molecule has 6 nitrogen and oxygen atoms in total. The maximum Gasteiger partial charge on any atom is 0.243 e. The second-order valence-corrected chi connectivity index (χ2v) is 6.93. The Labute approximate surface area is 125 Å². The third-order valence-corrected chi connectivity index (χ3v) is 5.34. The Balaban J connectivity index is 1.98. The monoisotopic (exact) mass is 308 g/mol. The van der Waals surface area contributed by atoms with Crippen molar-refractivity contribution in [3.05, 3.63) is 24.0 Å². The summed E-state index contributed by atoms with van der Waals surface area (Å²) in [5.74, 6) is 0.352. The van der Waals surface area contributed by atoms with Gasteiger partial charge in [-0.25, -0.2) is 18.1 Å². The van der Waals surface area contributed by atoms with Gasteiger partial charge in [-0.2, -0.15) is 5.26 Å². The SMILES string of the molecule is CCN1CCC(CNS(=O)(=O)c2cccnc2C#N)CC1. The highest BCUT2D eigenvalue weighted by Gasteiger charge is 2.23. The van der Waals surface area contributed by atoms with Gasteiger partial charge in [-0.1, -0.05) is 6.92 Å². The van der Waals surface area contributed by atoms with Crippen LogP contribution in [0.3, 0.4) is 0 Å². The van der Waals surface area contributed by atoms with Crippen LogP contribution in [0, 0.1) is 17.2 Å². The molecular weight excluding hydrogens is 288 g/mol. The number of sulfonamides is 1. The van der Waals surface area contributed by atoms with E-state index >= 15 is 0 Å². The van der Waals surface area contributed by atoms with Gasteiger partial charge in [0.1, 0.15) is 11.0 Å². The molecule has 1 saturated heterocycles. The standard InChI is InChI=1S/C14H20N4O2S/c1-2-18-8-5-12(6-9-18)11-17-21(19,20)14-4-3-7-16-13(14)10-15/h3-4,7,12,17H,2,5-6,8-9,11H2,1H3. The predicted molar refractivity (Wildman–Crippen MR) is 79.0 cm³/mol. The predicted octanol–water partition coefficient (Wildman–Crippen LogP) is 0.963. The lowest BCUT2D eigenvalue weighted by Crippen LogP contribution is -2.38. The third kappa shape index (κ3) is 4.00. The van der Waals surface area contributed by atoms with E-state index in [1.54, 1.807) is 0 Å². The van der Waals surface area contributed by atoms with Crippen LogP contribution in [0.15, 0.2) is 23.2 Å². The highest BCUT2D eigenvalue weighted by Crippen LogP contribution is 2.18. The van der Waals surface area contributed by atoms with E-state index in [-0.39, 0.29) is 10.6 Å². The first-order valence-electron chi connectivity index (χ1n) is 7.14. The summed E-state index contributed by atoms with van der Waals surface area (Å²) in [4.78, 5) is 6.11. The lowest BCUT2D eigenvalue weighted by molar-refractivity contribution is 0.194. The molecule has 1 aliphatic rings. The number of nitrogens with one attached hydrogen (secondary N) is 1. The average Bonchev–Trinajstić information content (AvgIpc) is 2.53. The molecule has 0 aliphatic carbocycles. The first-order chi connectivity index (χ1) is 10.1. The largest absolute Gasteiger partial charge is 0.304 e. The van der Waals surface area contributed by atoms with E-state index < -0.39 is 10.0 Å². The van der Waals surface area contributed by atoms with Gasteiger partial charge in [0.2, 0.25) is 10.0 Å². The molecule has 21 heavy (non-hydrogen) atoms. The topological polar surface area (TPSA) is 86.1 Å². The summed E-state index contributed by atoms with van der Waals surface area (Å²) < 4.78 is 27.1. The first-order valence-corrected chi connectivity index (χ1v) is 8.62. The number of hydrogen-bond donors (Lipinski definition) is 1. The van der Waals surface area contributed by atoms with Crippen molar-refractivity contribution in [2.24, 2.45) is 5.92 Å². The van der Waals surface area contributed by atoms with Crippen molar-refractivity contribution in [2.75, 3.05) is 26.2 Å². The number of rotatable bonds is 5. The van der Waals surface area contributed by atoms with Crippen LogP contribution in [0.4, 0.5) is 0 Å². The lowest BCUT2D eigenvalue weighted by atomic mass is 9.97. The quantitative estimate of drug-likeness (QED) is 0.875. The van der Waals surface area contributed by atoms with Gasteiger partial charge in [0.05, 0.1) is 0 Å². The van der Waals surface area contributed by atoms with Crippen molar-refractivity contribution < 1.29 is 8.42 Å². The Morgan fingerprint density at radius 1 is 1.48 bits per heavy atom. The van der Waals surface area contributed by atoms with Crippen molar-refractivity contribution in [3.63, 3.8) is 0 Å². The number of piperidine rings is 1. The summed E-state index contributed by atoms with van der Waals surface area (Å²) in [6.07, 6.45) is 3.40. The Bertz CT molecular complexity index is 616. The lowest BCUT2D eigenvalue weighted by Gasteiger charge is -2.30. The fourth-order valence-electron chi connectivity index (χ4n) is 2.50. The molecule has 0 saturated carbocycles. The van der Waals surface area contributed by atoms with Crippen LogP contribution in [0.2, 0.25) is 0 Å². The molecule has 7 heteroatoms. The van der Waals surface area contributed by atoms with E-state index in [0.717, 1.165) is 32.5 Å². The zero-order valence-electron chi connectivity index (χ0n) is 12.1. The number of likely N-dealkylation sites (tertiary alicyclic amines) is 1. The molecule has 0 radical (unpaired) electrons. The molecule has 2 heterocycles. The summed E-state index contributed by atoms with van der Waals surface area (Å²) in [7, 11) is -3.67. The van der Waals surface area contributed by atoms with Gasteiger partial charge in [0, 0.05) is 12.7 Å². The van der Waals surface area contributed by atoms with Crippen LogP contribution in [-0.2, 0) is 10.0 Å². The molecule has 1 N–H and O–H groups in total. The number of nitrogens with zero attached hydrogens (tertiary/aromatic N) is 3. The fourth-order valence-corrected chi connectivity index (χ4v) is 3.72. The second-order valence-electron chi connectivity index (χ2n) is 5.19. The normalized spacial score (nSPS) is 17.5. The number of aromatic nitrogens is 1. The number of pyridine rings is 1. The van der Waals surface area contributed by atoms with Crippen LogP contribution in [-0.4, -0.2) is 44.5 Å². The van der Waals surface area contributed by atoms with E-state index in [2.05, 4.69) is 21.5 Å². The zero-order chi connectivity index (χ0) is 15.3. The minimum Gasteiger partial charge on any atom is -0.304 e. The van der Waals surface area contributed by atoms with Crippen molar-refractivity contribution in [3.8, 4) is 6.07 Å². The van der Waals surface area contributed by atoms with Gasteiger partial charge in [0.15, 0.2) is 5.69 Å². The molecule has 1 fully saturated rings. The summed E-state index contributed by atoms with van der Waals surface area (Å²) in [5.41, 5.74) is -0.0641. The Hall–Kier alpha value is -1.49. The molecule has 0 atom stereocenters. The average molecular weight is 308 g/mol. The van der Waals surface area contributed by atoms with E-state index in [4.69, 9.17) is 5.26 Å². The molecule has 1 aromatic rings. The molecule has 0 unspecified atom stereocenters. The Kier molecular flexibility index (Phi) is 5.28. The minimum atomic E-state index is -3.67. The number of hydrogen-bond acceptors (Lipinski definition) is 5. The summed E-state index contributed by atoms with van der Waals surface area (Å²) >= 11 is 0. The van der Waals surface area contributed by atoms with Crippen molar-refractivity contribution in [1.29, 1.82) is 5.26 Å². The van der Waals surface area contributed by atoms with Crippen LogP contribution in [0.1, 0.15) is 25.5 Å². The van der Waals surface area contributed by atoms with Gasteiger partial charge >= 0.3 is 0 Å². The van der Waals surface area contributed by atoms with Gasteiger partial charge < -0.3 is 4.90 Å². The molecule has 1 aliphatic heterocycles. The molecule has 0 amide bonds. The Morgan fingerprint density at radius 3 is 2.81 bits per heavy atom. The smallest absolute Gasteiger partial charge is 0.243 e. The molecule has 2 rings (SSSR count). The van der Waals surface area contributed by atoms with Crippen LogP contribution in [0.25, 0.3) is 0 Å². The van der Waals surface area contributed by atoms with Gasteiger partial charge in [0.25, 0.3) is 0 Å². The van der Waals surface area contributed by atoms with E-state index in [9.17, 15) is 8.42 Å². The molecule has 0 aromatic carbocycles. The molecule has 0 spiro atoms. The van der Waals surface area contributed by atoms with Gasteiger partial charge in [-0.15, -0.1) is 0 Å². The van der Waals surface area contributed by atoms with Crippen molar-refractivity contribution in [1.82, 2.24) is 14.6 Å². The second kappa shape index (κ2) is 6.98. The fraction of sp³-hybridized carbons (Fsp3) is 0.571. The summed E-state index contributed by atoms with van der Waals surface area (Å²) in [5, 5.41) is 8.94.